The van der Waals surface area contributed by atoms with Crippen LogP contribution < -0.4 is 0 Å². The average molecular weight is 236 g/mol. The van der Waals surface area contributed by atoms with Crippen LogP contribution in [0.25, 0.3) is 11.2 Å². The first kappa shape index (κ1) is 10.1. The standard InChI is InChI=1S/C12H14ClN3/c13-8-11-15-10-6-3-7-14-12(10)16(11)9-4-1-2-5-9/h3,6-7,9H,1-2,4-5,8H2. The maximum absolute atomic E-state index is 5.97. The fraction of sp³-hybridized carbons (Fsp3) is 0.500. The van der Waals surface area contributed by atoms with Crippen molar-refractivity contribution in [3.63, 3.8) is 0 Å². The van der Waals surface area contributed by atoms with Gasteiger partial charge in [-0.05, 0) is 25.0 Å². The maximum Gasteiger partial charge on any atom is 0.160 e. The normalized spacial score (nSPS) is 17.3. The third kappa shape index (κ3) is 1.50. The lowest BCUT2D eigenvalue weighted by Crippen LogP contribution is -2.08. The van der Waals surface area contributed by atoms with Crippen LogP contribution >= 0.6 is 11.6 Å². The Bertz CT molecular complexity index is 500. The van der Waals surface area contributed by atoms with Crippen molar-refractivity contribution in [3.05, 3.63) is 24.2 Å². The highest BCUT2D eigenvalue weighted by atomic mass is 35.5. The van der Waals surface area contributed by atoms with Crippen molar-refractivity contribution in [1.82, 2.24) is 14.5 Å². The summed E-state index contributed by atoms with van der Waals surface area (Å²) in [6, 6.07) is 4.48. The molecule has 1 fully saturated rings. The van der Waals surface area contributed by atoms with E-state index in [0.717, 1.165) is 17.0 Å². The molecule has 0 unspecified atom stereocenters. The number of nitrogens with zero attached hydrogens (tertiary/aromatic N) is 3. The lowest BCUT2D eigenvalue weighted by Gasteiger charge is -2.14. The van der Waals surface area contributed by atoms with Crippen LogP contribution in [0.15, 0.2) is 18.3 Å². The Kier molecular flexibility index (Phi) is 2.56. The first-order valence-corrected chi connectivity index (χ1v) is 6.31. The number of hydrogen-bond donors (Lipinski definition) is 0. The van der Waals surface area contributed by atoms with Gasteiger partial charge >= 0.3 is 0 Å². The average Bonchev–Trinajstić information content (AvgIpc) is 2.94. The van der Waals surface area contributed by atoms with Crippen molar-refractivity contribution in [2.24, 2.45) is 0 Å². The monoisotopic (exact) mass is 235 g/mol. The number of hydrogen-bond acceptors (Lipinski definition) is 2. The van der Waals surface area contributed by atoms with Gasteiger partial charge in [0, 0.05) is 12.2 Å². The number of imidazole rings is 1. The lowest BCUT2D eigenvalue weighted by atomic mass is 10.2. The molecule has 2 aromatic rings. The number of aromatic nitrogens is 3. The molecule has 1 aliphatic rings. The Balaban J connectivity index is 2.18. The van der Waals surface area contributed by atoms with Gasteiger partial charge in [-0.15, -0.1) is 11.6 Å². The number of alkyl halides is 1. The molecule has 3 rings (SSSR count). The van der Waals surface area contributed by atoms with Gasteiger partial charge < -0.3 is 4.57 Å². The van der Waals surface area contributed by atoms with E-state index in [2.05, 4.69) is 14.5 Å². The van der Waals surface area contributed by atoms with E-state index in [1.54, 1.807) is 0 Å². The van der Waals surface area contributed by atoms with E-state index in [4.69, 9.17) is 11.6 Å². The van der Waals surface area contributed by atoms with Gasteiger partial charge in [-0.1, -0.05) is 12.8 Å². The third-order valence-corrected chi connectivity index (χ3v) is 3.57. The Labute approximate surface area is 99.5 Å². The van der Waals surface area contributed by atoms with Gasteiger partial charge in [0.05, 0.1) is 5.88 Å². The summed E-state index contributed by atoms with van der Waals surface area (Å²) in [5, 5.41) is 0. The van der Waals surface area contributed by atoms with E-state index in [1.807, 2.05) is 18.3 Å². The predicted octanol–water partition coefficient (Wildman–Crippen LogP) is 3.29. The molecule has 2 heterocycles. The number of rotatable bonds is 2. The molecule has 1 saturated carbocycles. The summed E-state index contributed by atoms with van der Waals surface area (Å²) in [6.45, 7) is 0. The summed E-state index contributed by atoms with van der Waals surface area (Å²) < 4.78 is 2.25. The summed E-state index contributed by atoms with van der Waals surface area (Å²) >= 11 is 5.97. The van der Waals surface area contributed by atoms with Gasteiger partial charge in [-0.3, -0.25) is 0 Å². The van der Waals surface area contributed by atoms with Crippen molar-refractivity contribution in [2.45, 2.75) is 37.6 Å². The molecule has 0 spiro atoms. The van der Waals surface area contributed by atoms with E-state index in [0.29, 0.717) is 11.9 Å². The van der Waals surface area contributed by atoms with Crippen LogP contribution in [-0.4, -0.2) is 14.5 Å². The van der Waals surface area contributed by atoms with E-state index in [-0.39, 0.29) is 0 Å². The summed E-state index contributed by atoms with van der Waals surface area (Å²) in [7, 11) is 0. The highest BCUT2D eigenvalue weighted by Gasteiger charge is 2.22. The van der Waals surface area contributed by atoms with Crippen molar-refractivity contribution in [1.29, 1.82) is 0 Å². The largest absolute Gasteiger partial charge is 0.309 e. The van der Waals surface area contributed by atoms with Crippen LogP contribution in [0, 0.1) is 0 Å². The summed E-state index contributed by atoms with van der Waals surface area (Å²) in [6.07, 6.45) is 6.89. The van der Waals surface area contributed by atoms with Gasteiger partial charge in [0.1, 0.15) is 11.3 Å². The van der Waals surface area contributed by atoms with Crippen LogP contribution in [0.2, 0.25) is 0 Å². The molecule has 0 N–H and O–H groups in total. The summed E-state index contributed by atoms with van der Waals surface area (Å²) in [5.41, 5.74) is 1.95. The van der Waals surface area contributed by atoms with Crippen LogP contribution in [-0.2, 0) is 5.88 Å². The van der Waals surface area contributed by atoms with Gasteiger partial charge in [0.25, 0.3) is 0 Å². The molecule has 0 atom stereocenters. The Morgan fingerprint density at radius 2 is 2.19 bits per heavy atom. The van der Waals surface area contributed by atoms with Gasteiger partial charge in [0.2, 0.25) is 0 Å². The number of pyridine rings is 1. The van der Waals surface area contributed by atoms with Crippen LogP contribution in [0.5, 0.6) is 0 Å². The molecule has 84 valence electrons. The number of fused-ring (bicyclic) bond motifs is 1. The topological polar surface area (TPSA) is 30.7 Å². The molecule has 0 bridgehead atoms. The SMILES string of the molecule is ClCc1nc2cccnc2n1C1CCCC1. The molecule has 1 aliphatic carbocycles. The van der Waals surface area contributed by atoms with Crippen LogP contribution in [0.1, 0.15) is 37.5 Å². The van der Waals surface area contributed by atoms with E-state index < -0.39 is 0 Å². The highest BCUT2D eigenvalue weighted by Crippen LogP contribution is 2.33. The van der Waals surface area contributed by atoms with Crippen molar-refractivity contribution in [3.8, 4) is 0 Å². The molecule has 2 aromatic heterocycles. The molecule has 0 amide bonds. The van der Waals surface area contributed by atoms with Crippen molar-refractivity contribution >= 4 is 22.8 Å². The second kappa shape index (κ2) is 4.06. The summed E-state index contributed by atoms with van der Waals surface area (Å²) in [5.74, 6) is 1.43. The Hall–Kier alpha value is -1.09. The van der Waals surface area contributed by atoms with Gasteiger partial charge in [0.15, 0.2) is 5.65 Å². The Morgan fingerprint density at radius 3 is 2.94 bits per heavy atom. The minimum atomic E-state index is 0.465. The molecule has 0 saturated heterocycles. The lowest BCUT2D eigenvalue weighted by molar-refractivity contribution is 0.515. The zero-order valence-corrected chi connectivity index (χ0v) is 9.82. The molecule has 3 nitrogen and oxygen atoms in total. The van der Waals surface area contributed by atoms with Crippen LogP contribution in [0.3, 0.4) is 0 Å². The number of halogens is 1. The minimum absolute atomic E-state index is 0.465. The molecular formula is C12H14ClN3. The van der Waals surface area contributed by atoms with E-state index in [1.165, 1.54) is 25.7 Å². The van der Waals surface area contributed by atoms with Crippen molar-refractivity contribution in [2.75, 3.05) is 0 Å². The van der Waals surface area contributed by atoms with E-state index >= 15 is 0 Å². The molecule has 4 heteroatoms. The molecular weight excluding hydrogens is 222 g/mol. The van der Waals surface area contributed by atoms with Gasteiger partial charge in [-0.25, -0.2) is 9.97 Å². The second-order valence-electron chi connectivity index (χ2n) is 4.32. The zero-order chi connectivity index (χ0) is 11.0. The van der Waals surface area contributed by atoms with Crippen molar-refractivity contribution < 1.29 is 0 Å². The molecule has 0 radical (unpaired) electrons. The highest BCUT2D eigenvalue weighted by molar-refractivity contribution is 6.16. The fourth-order valence-electron chi connectivity index (χ4n) is 2.62. The molecule has 16 heavy (non-hydrogen) atoms. The maximum atomic E-state index is 5.97. The third-order valence-electron chi connectivity index (χ3n) is 3.33. The minimum Gasteiger partial charge on any atom is -0.309 e. The predicted molar refractivity (Wildman–Crippen MR) is 64.6 cm³/mol. The summed E-state index contributed by atoms with van der Waals surface area (Å²) in [4.78, 5) is 8.98. The molecule has 0 aromatic carbocycles. The van der Waals surface area contributed by atoms with Gasteiger partial charge in [-0.2, -0.15) is 0 Å². The Morgan fingerprint density at radius 1 is 1.38 bits per heavy atom. The second-order valence-corrected chi connectivity index (χ2v) is 4.58. The zero-order valence-electron chi connectivity index (χ0n) is 9.06. The van der Waals surface area contributed by atoms with Crippen LogP contribution in [0.4, 0.5) is 0 Å². The molecule has 0 aliphatic heterocycles. The first-order chi connectivity index (χ1) is 7.90. The first-order valence-electron chi connectivity index (χ1n) is 5.78. The van der Waals surface area contributed by atoms with E-state index in [9.17, 15) is 0 Å². The smallest absolute Gasteiger partial charge is 0.160 e. The fourth-order valence-corrected chi connectivity index (χ4v) is 2.81. The quantitative estimate of drug-likeness (QED) is 0.748.